The van der Waals surface area contributed by atoms with Gasteiger partial charge in [0.25, 0.3) is 0 Å². The number of methoxy groups -OCH3 is 2. The van der Waals surface area contributed by atoms with Crippen molar-refractivity contribution in [2.75, 3.05) is 19.5 Å². The number of halogens is 1. The molecule has 3 rings (SSSR count). The molecule has 0 bridgehead atoms. The smallest absolute Gasteiger partial charge is 0.224 e. The maximum Gasteiger partial charge on any atom is 0.224 e. The SMILES string of the molecule is COc1cc(OC)c(NC(=O)CCCc2nc3ccccc3s2)cc1Cl. The monoisotopic (exact) mass is 390 g/mol. The summed E-state index contributed by atoms with van der Waals surface area (Å²) in [6.07, 6.45) is 1.88. The molecule has 1 amide bonds. The summed E-state index contributed by atoms with van der Waals surface area (Å²) in [6, 6.07) is 11.3. The van der Waals surface area contributed by atoms with E-state index in [2.05, 4.69) is 16.4 Å². The Morgan fingerprint density at radius 3 is 2.69 bits per heavy atom. The topological polar surface area (TPSA) is 60.5 Å². The summed E-state index contributed by atoms with van der Waals surface area (Å²) in [5.74, 6) is 0.911. The minimum Gasteiger partial charge on any atom is -0.495 e. The number of carbonyl (C=O) groups is 1. The number of nitrogens with one attached hydrogen (secondary N) is 1. The van der Waals surface area contributed by atoms with Gasteiger partial charge in [-0.1, -0.05) is 23.7 Å². The van der Waals surface area contributed by atoms with Crippen molar-refractivity contribution in [3.63, 3.8) is 0 Å². The van der Waals surface area contributed by atoms with E-state index in [9.17, 15) is 4.79 Å². The van der Waals surface area contributed by atoms with Gasteiger partial charge in [0.2, 0.25) is 5.91 Å². The number of benzene rings is 2. The highest BCUT2D eigenvalue weighted by Gasteiger charge is 2.13. The Hall–Kier alpha value is -2.31. The van der Waals surface area contributed by atoms with Crippen molar-refractivity contribution in [1.82, 2.24) is 4.98 Å². The Kier molecular flexibility index (Phi) is 5.96. The van der Waals surface area contributed by atoms with E-state index in [1.54, 1.807) is 23.5 Å². The van der Waals surface area contributed by atoms with Crippen molar-refractivity contribution in [2.45, 2.75) is 19.3 Å². The van der Waals surface area contributed by atoms with Crippen molar-refractivity contribution in [2.24, 2.45) is 0 Å². The lowest BCUT2D eigenvalue weighted by atomic mass is 10.2. The lowest BCUT2D eigenvalue weighted by molar-refractivity contribution is -0.116. The second-order valence-corrected chi connectivity index (χ2v) is 7.19. The lowest BCUT2D eigenvalue weighted by Gasteiger charge is -2.13. The third-order valence-electron chi connectivity index (χ3n) is 3.88. The van der Waals surface area contributed by atoms with E-state index in [-0.39, 0.29) is 5.91 Å². The maximum absolute atomic E-state index is 12.3. The number of para-hydroxylation sites is 1. The average Bonchev–Trinajstić information content (AvgIpc) is 3.04. The Morgan fingerprint density at radius 2 is 1.96 bits per heavy atom. The lowest BCUT2D eigenvalue weighted by Crippen LogP contribution is -2.12. The third-order valence-corrected chi connectivity index (χ3v) is 5.27. The fourth-order valence-electron chi connectivity index (χ4n) is 2.60. The van der Waals surface area contributed by atoms with Gasteiger partial charge in [-0.25, -0.2) is 4.98 Å². The van der Waals surface area contributed by atoms with Crippen molar-refractivity contribution in [1.29, 1.82) is 0 Å². The zero-order valence-electron chi connectivity index (χ0n) is 14.5. The first kappa shape index (κ1) is 18.5. The highest BCUT2D eigenvalue weighted by molar-refractivity contribution is 7.18. The molecule has 5 nitrogen and oxygen atoms in total. The summed E-state index contributed by atoms with van der Waals surface area (Å²) < 4.78 is 11.6. The molecular weight excluding hydrogens is 372 g/mol. The van der Waals surface area contributed by atoms with E-state index in [0.717, 1.165) is 23.4 Å². The number of aryl methyl sites for hydroxylation is 1. The molecule has 0 unspecified atom stereocenters. The summed E-state index contributed by atoms with van der Waals surface area (Å²) in [4.78, 5) is 16.8. The number of carbonyl (C=O) groups excluding carboxylic acids is 1. The number of anilines is 1. The van der Waals surface area contributed by atoms with Crippen molar-refractivity contribution >= 4 is 44.7 Å². The van der Waals surface area contributed by atoms with Crippen LogP contribution in [0.1, 0.15) is 17.8 Å². The van der Waals surface area contributed by atoms with Crippen LogP contribution >= 0.6 is 22.9 Å². The molecule has 1 N–H and O–H groups in total. The first-order chi connectivity index (χ1) is 12.6. The Balaban J connectivity index is 1.58. The number of fused-ring (bicyclic) bond motifs is 1. The molecule has 0 atom stereocenters. The van der Waals surface area contributed by atoms with Gasteiger partial charge in [-0.15, -0.1) is 11.3 Å². The third kappa shape index (κ3) is 4.26. The molecule has 0 aliphatic rings. The first-order valence-corrected chi connectivity index (χ1v) is 9.36. The molecule has 0 spiro atoms. The molecule has 0 saturated carbocycles. The van der Waals surface area contributed by atoms with Crippen LogP contribution in [0.15, 0.2) is 36.4 Å². The molecule has 0 aliphatic carbocycles. The largest absolute Gasteiger partial charge is 0.495 e. The summed E-state index contributed by atoms with van der Waals surface area (Å²) in [5.41, 5.74) is 1.54. The number of amides is 1. The summed E-state index contributed by atoms with van der Waals surface area (Å²) in [6.45, 7) is 0. The van der Waals surface area contributed by atoms with Crippen molar-refractivity contribution in [3.05, 3.63) is 46.4 Å². The van der Waals surface area contributed by atoms with Crippen LogP contribution in [0.3, 0.4) is 0 Å². The molecule has 2 aromatic carbocycles. The normalized spacial score (nSPS) is 10.7. The number of rotatable bonds is 7. The van der Waals surface area contributed by atoms with E-state index in [4.69, 9.17) is 21.1 Å². The van der Waals surface area contributed by atoms with Gasteiger partial charge in [-0.05, 0) is 31.0 Å². The molecular formula is C19H19ClN2O3S. The predicted molar refractivity (Wildman–Crippen MR) is 106 cm³/mol. The number of hydrogen-bond acceptors (Lipinski definition) is 5. The van der Waals surface area contributed by atoms with Gasteiger partial charge in [0.15, 0.2) is 0 Å². The van der Waals surface area contributed by atoms with Crippen molar-refractivity contribution < 1.29 is 14.3 Å². The van der Waals surface area contributed by atoms with Gasteiger partial charge < -0.3 is 14.8 Å². The quantitative estimate of drug-likeness (QED) is 0.621. The van der Waals surface area contributed by atoms with Gasteiger partial charge in [-0.2, -0.15) is 0 Å². The minimum atomic E-state index is -0.0920. The number of ether oxygens (including phenoxy) is 2. The van der Waals surface area contributed by atoms with Gasteiger partial charge in [0, 0.05) is 12.5 Å². The molecule has 3 aromatic rings. The van der Waals surface area contributed by atoms with E-state index in [1.807, 2.05) is 18.2 Å². The maximum atomic E-state index is 12.3. The van der Waals surface area contributed by atoms with Crippen LogP contribution in [0.4, 0.5) is 5.69 Å². The molecule has 26 heavy (non-hydrogen) atoms. The van der Waals surface area contributed by atoms with E-state index >= 15 is 0 Å². The standard InChI is InChI=1S/C19H19ClN2O3S/c1-24-15-11-16(25-2)14(10-12(15)20)21-18(23)8-5-9-19-22-13-6-3-4-7-17(13)26-19/h3-4,6-7,10-11H,5,8-9H2,1-2H3,(H,21,23). The zero-order chi connectivity index (χ0) is 18.5. The van der Waals surface area contributed by atoms with Gasteiger partial charge in [-0.3, -0.25) is 4.79 Å². The fraction of sp³-hybridized carbons (Fsp3) is 0.263. The van der Waals surface area contributed by atoms with Gasteiger partial charge >= 0.3 is 0 Å². The Labute approximate surface area is 160 Å². The molecule has 7 heteroatoms. The van der Waals surface area contributed by atoms with Crippen LogP contribution in [0.5, 0.6) is 11.5 Å². The molecule has 136 valence electrons. The summed E-state index contributed by atoms with van der Waals surface area (Å²) >= 11 is 7.80. The highest BCUT2D eigenvalue weighted by Crippen LogP contribution is 2.36. The summed E-state index contributed by atoms with van der Waals surface area (Å²) in [5, 5.41) is 4.31. The predicted octanol–water partition coefficient (Wildman–Crippen LogP) is 4.93. The molecule has 0 aliphatic heterocycles. The number of aromatic nitrogens is 1. The first-order valence-electron chi connectivity index (χ1n) is 8.16. The number of thiazole rings is 1. The van der Waals surface area contributed by atoms with E-state index < -0.39 is 0 Å². The number of hydrogen-bond donors (Lipinski definition) is 1. The van der Waals surface area contributed by atoms with Crippen LogP contribution in [-0.4, -0.2) is 25.1 Å². The average molecular weight is 391 g/mol. The van der Waals surface area contributed by atoms with Crippen LogP contribution in [0, 0.1) is 0 Å². The fourth-order valence-corrected chi connectivity index (χ4v) is 3.85. The Bertz CT molecular complexity index is 893. The van der Waals surface area contributed by atoms with Crippen molar-refractivity contribution in [3.8, 4) is 11.5 Å². The van der Waals surface area contributed by atoms with Crippen LogP contribution < -0.4 is 14.8 Å². The second-order valence-electron chi connectivity index (χ2n) is 5.66. The minimum absolute atomic E-state index is 0.0920. The Morgan fingerprint density at radius 1 is 1.19 bits per heavy atom. The molecule has 1 aromatic heterocycles. The molecule has 1 heterocycles. The second kappa shape index (κ2) is 8.38. The van der Waals surface area contributed by atoms with Crippen LogP contribution in [0.25, 0.3) is 10.2 Å². The highest BCUT2D eigenvalue weighted by atomic mass is 35.5. The van der Waals surface area contributed by atoms with Crippen LogP contribution in [0.2, 0.25) is 5.02 Å². The molecule has 0 fully saturated rings. The molecule has 0 radical (unpaired) electrons. The van der Waals surface area contributed by atoms with Gasteiger partial charge in [0.1, 0.15) is 11.5 Å². The van der Waals surface area contributed by atoms with E-state index in [0.29, 0.717) is 28.6 Å². The number of nitrogens with zero attached hydrogens (tertiary/aromatic N) is 1. The van der Waals surface area contributed by atoms with Gasteiger partial charge in [0.05, 0.1) is 40.2 Å². The van der Waals surface area contributed by atoms with Crippen LogP contribution in [-0.2, 0) is 11.2 Å². The summed E-state index contributed by atoms with van der Waals surface area (Å²) in [7, 11) is 3.06. The molecule has 0 saturated heterocycles. The zero-order valence-corrected chi connectivity index (χ0v) is 16.1. The van der Waals surface area contributed by atoms with E-state index in [1.165, 1.54) is 18.9 Å².